The summed E-state index contributed by atoms with van der Waals surface area (Å²) in [5.41, 5.74) is 0.485. The maximum absolute atomic E-state index is 11.9. The second kappa shape index (κ2) is 4.75. The molecule has 2 unspecified atom stereocenters. The molecule has 6 nitrogen and oxygen atoms in total. The van der Waals surface area contributed by atoms with Gasteiger partial charge in [-0.15, -0.1) is 4.91 Å². The van der Waals surface area contributed by atoms with E-state index < -0.39 is 15.0 Å². The largest absolute Gasteiger partial charge is 0.618 e. The van der Waals surface area contributed by atoms with Crippen LogP contribution in [0.25, 0.3) is 0 Å². The number of halogens is 1. The first-order valence-corrected chi connectivity index (χ1v) is 6.66. The second-order valence-corrected chi connectivity index (χ2v) is 6.26. The van der Waals surface area contributed by atoms with Gasteiger partial charge in [0.25, 0.3) is 5.15 Å². The molecule has 0 radical (unpaired) electrons. The van der Waals surface area contributed by atoms with Crippen LogP contribution in [-0.2, 0) is 9.73 Å². The topological polar surface area (TPSA) is 85.8 Å². The van der Waals surface area contributed by atoms with Crippen LogP contribution in [0, 0.1) is 10.1 Å². The quantitative estimate of drug-likeness (QED) is 0.274. The molecule has 0 saturated carbocycles. The minimum absolute atomic E-state index is 0.0176. The highest BCUT2D eigenvalue weighted by Crippen LogP contribution is 2.22. The van der Waals surface area contributed by atoms with E-state index in [1.54, 1.807) is 13.0 Å². The van der Waals surface area contributed by atoms with Crippen molar-refractivity contribution in [2.45, 2.75) is 12.2 Å². The summed E-state index contributed by atoms with van der Waals surface area (Å²) in [5, 5.41) is 12.9. The molecule has 1 rings (SSSR count). The number of aromatic nitrogens is 1. The third-order valence-corrected chi connectivity index (χ3v) is 4.48. The van der Waals surface area contributed by atoms with Crippen molar-refractivity contribution >= 4 is 21.3 Å². The van der Waals surface area contributed by atoms with E-state index >= 15 is 0 Å². The molecule has 0 amide bonds. The Morgan fingerprint density at radius 2 is 2.19 bits per heavy atom. The van der Waals surface area contributed by atoms with Crippen molar-refractivity contribution in [3.8, 4) is 0 Å². The highest BCUT2D eigenvalue weighted by atomic mass is 35.5. The number of hydrogen-bond donors (Lipinski definition) is 0. The predicted octanol–water partition coefficient (Wildman–Crippen LogP) is 1.81. The summed E-state index contributed by atoms with van der Waals surface area (Å²) in [7, 11) is -2.79. The van der Waals surface area contributed by atoms with Gasteiger partial charge in [0.15, 0.2) is 6.20 Å². The fourth-order valence-corrected chi connectivity index (χ4v) is 2.14. The zero-order chi connectivity index (χ0) is 12.3. The molecule has 16 heavy (non-hydrogen) atoms. The SMILES string of the molecule is CC(c1ccc(Cl)[n+]([O-])c1)S(C)(=O)=NN=O. The van der Waals surface area contributed by atoms with Crippen molar-refractivity contribution in [3.63, 3.8) is 0 Å². The van der Waals surface area contributed by atoms with Crippen LogP contribution in [-0.4, -0.2) is 10.5 Å². The van der Waals surface area contributed by atoms with Crippen LogP contribution in [0.15, 0.2) is 28.1 Å². The van der Waals surface area contributed by atoms with Gasteiger partial charge in [0.05, 0.1) is 20.3 Å². The molecule has 88 valence electrons. The van der Waals surface area contributed by atoms with Gasteiger partial charge in [-0.1, -0.05) is 4.47 Å². The molecular formula is C8H10ClN3O3S. The average molecular weight is 264 g/mol. The Labute approximate surface area is 98.0 Å². The van der Waals surface area contributed by atoms with E-state index in [0.717, 1.165) is 0 Å². The van der Waals surface area contributed by atoms with Crippen LogP contribution in [0.2, 0.25) is 5.15 Å². The maximum Gasteiger partial charge on any atom is 0.286 e. The molecule has 1 aromatic rings. The van der Waals surface area contributed by atoms with Crippen LogP contribution in [0.5, 0.6) is 0 Å². The van der Waals surface area contributed by atoms with Gasteiger partial charge < -0.3 is 5.21 Å². The summed E-state index contributed by atoms with van der Waals surface area (Å²) in [5.74, 6) is 0. The second-order valence-electron chi connectivity index (χ2n) is 3.28. The van der Waals surface area contributed by atoms with Gasteiger partial charge in [0, 0.05) is 17.9 Å². The van der Waals surface area contributed by atoms with Crippen molar-refractivity contribution in [1.29, 1.82) is 0 Å². The number of pyridine rings is 1. The molecule has 1 heterocycles. The summed E-state index contributed by atoms with van der Waals surface area (Å²) in [6.45, 7) is 1.60. The molecule has 0 fully saturated rings. The molecule has 0 spiro atoms. The lowest BCUT2D eigenvalue weighted by atomic mass is 10.2. The maximum atomic E-state index is 11.9. The fourth-order valence-electron chi connectivity index (χ4n) is 1.11. The Morgan fingerprint density at radius 3 is 2.69 bits per heavy atom. The van der Waals surface area contributed by atoms with Gasteiger partial charge in [0.2, 0.25) is 0 Å². The Balaban J connectivity index is 3.20. The molecule has 0 aliphatic carbocycles. The Kier molecular flexibility index (Phi) is 3.82. The lowest BCUT2D eigenvalue weighted by Crippen LogP contribution is -2.28. The van der Waals surface area contributed by atoms with Gasteiger partial charge in [0.1, 0.15) is 0 Å². The fraction of sp³-hybridized carbons (Fsp3) is 0.375. The minimum atomic E-state index is -2.79. The van der Waals surface area contributed by atoms with E-state index in [2.05, 4.69) is 9.76 Å². The number of hydrogen-bond acceptors (Lipinski definition) is 3. The van der Waals surface area contributed by atoms with Crippen LogP contribution in [0.3, 0.4) is 0 Å². The van der Waals surface area contributed by atoms with Gasteiger partial charge in [-0.3, -0.25) is 0 Å². The summed E-state index contributed by atoms with van der Waals surface area (Å²) >= 11 is 5.55. The summed E-state index contributed by atoms with van der Waals surface area (Å²) in [4.78, 5) is 9.99. The van der Waals surface area contributed by atoms with Crippen molar-refractivity contribution in [2.24, 2.45) is 9.76 Å². The van der Waals surface area contributed by atoms with Crippen LogP contribution in [0.4, 0.5) is 0 Å². The molecule has 0 aliphatic heterocycles. The van der Waals surface area contributed by atoms with Gasteiger partial charge in [-0.2, -0.15) is 4.73 Å². The normalized spacial score (nSPS) is 16.2. The molecule has 1 aromatic heterocycles. The Morgan fingerprint density at radius 1 is 1.56 bits per heavy atom. The summed E-state index contributed by atoms with van der Waals surface area (Å²) in [6, 6.07) is 2.95. The Bertz CT molecular complexity index is 525. The number of rotatable bonds is 3. The van der Waals surface area contributed by atoms with Crippen molar-refractivity contribution < 1.29 is 8.94 Å². The predicted molar refractivity (Wildman–Crippen MR) is 61.1 cm³/mol. The summed E-state index contributed by atoms with van der Waals surface area (Å²) < 4.78 is 15.5. The third kappa shape index (κ3) is 2.67. The van der Waals surface area contributed by atoms with Crippen LogP contribution >= 0.6 is 11.6 Å². The van der Waals surface area contributed by atoms with E-state index in [9.17, 15) is 14.3 Å². The van der Waals surface area contributed by atoms with E-state index in [4.69, 9.17) is 11.6 Å². The average Bonchev–Trinajstić information content (AvgIpc) is 2.21. The zero-order valence-electron chi connectivity index (χ0n) is 8.66. The van der Waals surface area contributed by atoms with Gasteiger partial charge in [-0.05, 0) is 24.6 Å². The first-order chi connectivity index (χ1) is 7.38. The van der Waals surface area contributed by atoms with Gasteiger partial charge >= 0.3 is 0 Å². The monoisotopic (exact) mass is 263 g/mol. The molecule has 2 atom stereocenters. The highest BCUT2D eigenvalue weighted by molar-refractivity contribution is 7.93. The van der Waals surface area contributed by atoms with Crippen molar-refractivity contribution in [3.05, 3.63) is 39.2 Å². The lowest BCUT2D eigenvalue weighted by molar-refractivity contribution is -0.603. The molecule has 0 aromatic carbocycles. The smallest absolute Gasteiger partial charge is 0.286 e. The standard InChI is InChI=1S/C8H10ClN3O3S/c1-6(16(2,15)11-10-13)7-3-4-8(9)12(14)5-7/h3-6H,1-2H3. The van der Waals surface area contributed by atoms with Crippen molar-refractivity contribution in [2.75, 3.05) is 6.26 Å². The van der Waals surface area contributed by atoms with E-state index in [0.29, 0.717) is 10.3 Å². The summed E-state index contributed by atoms with van der Waals surface area (Å²) in [6.07, 6.45) is 2.51. The number of nitrogens with zero attached hydrogens (tertiary/aromatic N) is 3. The molecular weight excluding hydrogens is 254 g/mol. The van der Waals surface area contributed by atoms with Crippen LogP contribution in [0.1, 0.15) is 17.7 Å². The van der Waals surface area contributed by atoms with Gasteiger partial charge in [-0.25, -0.2) is 4.21 Å². The minimum Gasteiger partial charge on any atom is -0.618 e. The Hall–Kier alpha value is -1.21. The third-order valence-electron chi connectivity index (χ3n) is 2.21. The van der Waals surface area contributed by atoms with E-state index in [1.807, 2.05) is 0 Å². The van der Waals surface area contributed by atoms with E-state index in [1.165, 1.54) is 18.5 Å². The molecule has 0 aliphatic rings. The van der Waals surface area contributed by atoms with Crippen LogP contribution < -0.4 is 4.73 Å². The molecule has 0 N–H and O–H groups in total. The molecule has 0 bridgehead atoms. The number of nitroso groups, excluding NO2 is 1. The lowest BCUT2D eigenvalue weighted by Gasteiger charge is -2.11. The molecule has 8 heteroatoms. The van der Waals surface area contributed by atoms with E-state index in [-0.39, 0.29) is 5.15 Å². The first kappa shape index (κ1) is 12.9. The molecule has 0 saturated heterocycles. The first-order valence-electron chi connectivity index (χ1n) is 4.29. The highest BCUT2D eigenvalue weighted by Gasteiger charge is 2.19. The van der Waals surface area contributed by atoms with Crippen molar-refractivity contribution in [1.82, 2.24) is 0 Å². The zero-order valence-corrected chi connectivity index (χ0v) is 10.2.